The molecule has 0 amide bonds. The Bertz CT molecular complexity index is 560. The summed E-state index contributed by atoms with van der Waals surface area (Å²) in [6.07, 6.45) is 3.54. The van der Waals surface area contributed by atoms with Gasteiger partial charge in [-0.05, 0) is 38.3 Å². The van der Waals surface area contributed by atoms with Crippen molar-refractivity contribution in [2.24, 2.45) is 0 Å². The molecule has 2 aromatic rings. The number of nitrogens with zero attached hydrogens (tertiary/aromatic N) is 2. The molecule has 3 rings (SSSR count). The van der Waals surface area contributed by atoms with Gasteiger partial charge < -0.3 is 5.32 Å². The topological polar surface area (TPSA) is 37.8 Å². The summed E-state index contributed by atoms with van der Waals surface area (Å²) in [5, 5.41) is 14.7. The molecule has 106 valence electrons. The summed E-state index contributed by atoms with van der Waals surface area (Å²) in [7, 11) is 0. The van der Waals surface area contributed by atoms with E-state index in [0.717, 1.165) is 18.0 Å². The first-order valence-electron chi connectivity index (χ1n) is 7.39. The first-order valence-corrected chi connectivity index (χ1v) is 8.21. The average molecular weight is 287 g/mol. The van der Waals surface area contributed by atoms with E-state index in [1.165, 1.54) is 23.4 Å². The third kappa shape index (κ3) is 2.50. The van der Waals surface area contributed by atoms with Crippen molar-refractivity contribution in [2.75, 3.05) is 6.54 Å². The fourth-order valence-corrected chi connectivity index (χ4v) is 3.70. The van der Waals surface area contributed by atoms with Gasteiger partial charge in [-0.25, -0.2) is 0 Å². The van der Waals surface area contributed by atoms with Gasteiger partial charge >= 0.3 is 0 Å². The molecule has 0 radical (unpaired) electrons. The van der Waals surface area contributed by atoms with Gasteiger partial charge in [0.2, 0.25) is 0 Å². The summed E-state index contributed by atoms with van der Waals surface area (Å²) >= 11 is 1.77. The minimum Gasteiger partial charge on any atom is -0.308 e. The van der Waals surface area contributed by atoms with Crippen LogP contribution in [0, 0.1) is 0 Å². The van der Waals surface area contributed by atoms with Gasteiger partial charge in [0.25, 0.3) is 0 Å². The lowest BCUT2D eigenvalue weighted by atomic mass is 9.97. The zero-order valence-corrected chi connectivity index (χ0v) is 12.9. The van der Waals surface area contributed by atoms with Crippen LogP contribution in [-0.4, -0.2) is 16.7 Å². The first-order chi connectivity index (χ1) is 9.76. The smallest absolute Gasteiger partial charge is 0.134 e. The summed E-state index contributed by atoms with van der Waals surface area (Å²) in [5.74, 6) is 0. The quantitative estimate of drug-likeness (QED) is 0.880. The minimum atomic E-state index is 0.154. The molecule has 1 aliphatic carbocycles. The maximum Gasteiger partial charge on any atom is 0.134 e. The van der Waals surface area contributed by atoms with E-state index < -0.39 is 0 Å². The summed E-state index contributed by atoms with van der Waals surface area (Å²) < 4.78 is 0. The maximum atomic E-state index is 4.48. The Morgan fingerprint density at radius 3 is 2.65 bits per heavy atom. The molecule has 0 spiro atoms. The second-order valence-electron chi connectivity index (χ2n) is 5.57. The molecular formula is C16H21N3S. The number of nitrogens with one attached hydrogen (secondary N) is 1. The van der Waals surface area contributed by atoms with Crippen LogP contribution in [-0.2, 0) is 5.41 Å². The molecule has 0 aliphatic heterocycles. The van der Waals surface area contributed by atoms with E-state index in [2.05, 4.69) is 59.7 Å². The summed E-state index contributed by atoms with van der Waals surface area (Å²) in [5.41, 5.74) is 1.54. The highest BCUT2D eigenvalue weighted by Crippen LogP contribution is 2.54. The highest BCUT2D eigenvalue weighted by atomic mass is 32.1. The molecule has 1 heterocycles. The van der Waals surface area contributed by atoms with Crippen LogP contribution < -0.4 is 5.32 Å². The van der Waals surface area contributed by atoms with Crippen LogP contribution in [0.2, 0.25) is 0 Å². The number of aromatic nitrogens is 2. The minimum absolute atomic E-state index is 0.154. The van der Waals surface area contributed by atoms with E-state index in [1.807, 2.05) is 0 Å². The molecule has 1 fully saturated rings. The third-order valence-corrected chi connectivity index (χ3v) is 5.31. The molecule has 1 atom stereocenters. The van der Waals surface area contributed by atoms with Crippen LogP contribution >= 0.6 is 11.3 Å². The van der Waals surface area contributed by atoms with E-state index in [9.17, 15) is 0 Å². The molecule has 0 saturated heterocycles. The van der Waals surface area contributed by atoms with Gasteiger partial charge in [-0.2, -0.15) is 0 Å². The van der Waals surface area contributed by atoms with Crippen LogP contribution in [0.25, 0.3) is 0 Å². The Hall–Kier alpha value is -1.26. The largest absolute Gasteiger partial charge is 0.308 e. The van der Waals surface area contributed by atoms with Crippen molar-refractivity contribution in [3.63, 3.8) is 0 Å². The molecule has 0 bridgehead atoms. The maximum absolute atomic E-state index is 4.48. The van der Waals surface area contributed by atoms with Crippen molar-refractivity contribution in [3.8, 4) is 0 Å². The van der Waals surface area contributed by atoms with Crippen LogP contribution in [0.4, 0.5) is 0 Å². The van der Waals surface area contributed by atoms with Crippen LogP contribution in [0.5, 0.6) is 0 Å². The summed E-state index contributed by atoms with van der Waals surface area (Å²) in [6, 6.07) is 11.0. The van der Waals surface area contributed by atoms with Crippen molar-refractivity contribution in [1.29, 1.82) is 0 Å². The van der Waals surface area contributed by atoms with Gasteiger partial charge in [0.1, 0.15) is 10.0 Å². The third-order valence-electron chi connectivity index (χ3n) is 4.00. The zero-order valence-electron chi connectivity index (χ0n) is 12.1. The predicted octanol–water partition coefficient (Wildman–Crippen LogP) is 3.68. The van der Waals surface area contributed by atoms with Crippen LogP contribution in [0.15, 0.2) is 30.3 Å². The van der Waals surface area contributed by atoms with E-state index in [4.69, 9.17) is 0 Å². The van der Waals surface area contributed by atoms with Gasteiger partial charge in [0, 0.05) is 5.41 Å². The zero-order chi connectivity index (χ0) is 14.0. The normalized spacial score (nSPS) is 17.9. The SMILES string of the molecule is CCCNC(C)c1nnc(C2(c3ccccc3)CC2)s1. The monoisotopic (exact) mass is 287 g/mol. The highest BCUT2D eigenvalue weighted by Gasteiger charge is 2.48. The van der Waals surface area contributed by atoms with E-state index in [0.29, 0.717) is 6.04 Å². The van der Waals surface area contributed by atoms with Crippen molar-refractivity contribution < 1.29 is 0 Å². The number of benzene rings is 1. The molecule has 4 heteroatoms. The first kappa shape index (κ1) is 13.7. The second-order valence-corrected chi connectivity index (χ2v) is 6.58. The van der Waals surface area contributed by atoms with E-state index in [-0.39, 0.29) is 5.41 Å². The lowest BCUT2D eigenvalue weighted by molar-refractivity contribution is 0.563. The highest BCUT2D eigenvalue weighted by molar-refractivity contribution is 7.11. The van der Waals surface area contributed by atoms with Crippen molar-refractivity contribution >= 4 is 11.3 Å². The molecule has 1 aromatic carbocycles. The Labute approximate surface area is 124 Å². The van der Waals surface area contributed by atoms with Crippen molar-refractivity contribution in [3.05, 3.63) is 45.9 Å². The molecule has 20 heavy (non-hydrogen) atoms. The predicted molar refractivity (Wildman–Crippen MR) is 83.1 cm³/mol. The summed E-state index contributed by atoms with van der Waals surface area (Å²) in [4.78, 5) is 0. The van der Waals surface area contributed by atoms with Crippen molar-refractivity contribution in [1.82, 2.24) is 15.5 Å². The van der Waals surface area contributed by atoms with Crippen LogP contribution in [0.3, 0.4) is 0 Å². The number of hydrogen-bond donors (Lipinski definition) is 1. The van der Waals surface area contributed by atoms with Gasteiger partial charge in [0.05, 0.1) is 6.04 Å². The van der Waals surface area contributed by atoms with Crippen LogP contribution in [0.1, 0.15) is 54.7 Å². The fourth-order valence-electron chi connectivity index (χ4n) is 2.56. The van der Waals surface area contributed by atoms with Gasteiger partial charge in [-0.3, -0.25) is 0 Å². The van der Waals surface area contributed by atoms with E-state index >= 15 is 0 Å². The Kier molecular flexibility index (Phi) is 3.85. The standard InChI is InChI=1S/C16H21N3S/c1-3-11-17-12(2)14-18-19-15(20-14)16(9-10-16)13-7-5-4-6-8-13/h4-8,12,17H,3,9-11H2,1-2H3. The second kappa shape index (κ2) is 5.62. The van der Waals surface area contributed by atoms with Crippen molar-refractivity contribution in [2.45, 2.75) is 44.6 Å². The molecular weight excluding hydrogens is 266 g/mol. The molecule has 3 nitrogen and oxygen atoms in total. The lowest BCUT2D eigenvalue weighted by Gasteiger charge is -2.11. The Morgan fingerprint density at radius 1 is 1.25 bits per heavy atom. The Balaban J connectivity index is 1.80. The number of hydrogen-bond acceptors (Lipinski definition) is 4. The molecule has 1 aliphatic rings. The van der Waals surface area contributed by atoms with Gasteiger partial charge in [-0.1, -0.05) is 48.6 Å². The molecule has 1 unspecified atom stereocenters. The fraction of sp³-hybridized carbons (Fsp3) is 0.500. The number of rotatable bonds is 6. The average Bonchev–Trinajstić information content (AvgIpc) is 3.16. The molecule has 1 N–H and O–H groups in total. The Morgan fingerprint density at radius 2 is 2.00 bits per heavy atom. The summed E-state index contributed by atoms with van der Waals surface area (Å²) in [6.45, 7) is 5.38. The molecule has 1 aromatic heterocycles. The lowest BCUT2D eigenvalue weighted by Crippen LogP contribution is -2.19. The van der Waals surface area contributed by atoms with E-state index in [1.54, 1.807) is 11.3 Å². The van der Waals surface area contributed by atoms with Gasteiger partial charge in [0.15, 0.2) is 0 Å². The molecule has 1 saturated carbocycles. The van der Waals surface area contributed by atoms with Gasteiger partial charge in [-0.15, -0.1) is 10.2 Å².